The van der Waals surface area contributed by atoms with Gasteiger partial charge in [0.2, 0.25) is 5.91 Å². The van der Waals surface area contributed by atoms with Crippen molar-refractivity contribution in [1.29, 1.82) is 0 Å². The lowest BCUT2D eigenvalue weighted by Gasteiger charge is -2.35. The summed E-state index contributed by atoms with van der Waals surface area (Å²) in [6.45, 7) is 2.61. The monoisotopic (exact) mass is 445 g/mol. The molecule has 2 nitrogen and oxygen atoms in total. The van der Waals surface area contributed by atoms with Gasteiger partial charge in [-0.2, -0.15) is 0 Å². The first-order chi connectivity index (χ1) is 15.0. The van der Waals surface area contributed by atoms with Crippen molar-refractivity contribution in [2.45, 2.75) is 25.8 Å². The molecule has 0 bridgehead atoms. The molecule has 1 aliphatic rings. The summed E-state index contributed by atoms with van der Waals surface area (Å²) in [6, 6.07) is 26.4. The summed E-state index contributed by atoms with van der Waals surface area (Å²) < 4.78 is 0. The molecule has 0 aliphatic carbocycles. The zero-order valence-electron chi connectivity index (χ0n) is 17.1. The van der Waals surface area contributed by atoms with Crippen LogP contribution in [0, 0.1) is 6.92 Å². The van der Waals surface area contributed by atoms with E-state index in [-0.39, 0.29) is 11.8 Å². The second kappa shape index (κ2) is 8.03. The molecule has 0 fully saturated rings. The third-order valence-electron chi connectivity index (χ3n) is 6.07. The summed E-state index contributed by atoms with van der Waals surface area (Å²) >= 11 is 12.7. The summed E-state index contributed by atoms with van der Waals surface area (Å²) in [5, 5.41) is 3.49. The van der Waals surface area contributed by atoms with Crippen molar-refractivity contribution in [3.05, 3.63) is 111 Å². The minimum absolute atomic E-state index is 0.0966. The van der Waals surface area contributed by atoms with E-state index in [1.807, 2.05) is 29.2 Å². The Morgan fingerprint density at radius 3 is 2.48 bits per heavy atom. The Hall–Kier alpha value is -2.81. The van der Waals surface area contributed by atoms with Gasteiger partial charge in [-0.15, -0.1) is 0 Å². The molecule has 1 aliphatic heterocycles. The van der Waals surface area contributed by atoms with Crippen LogP contribution in [0.2, 0.25) is 10.0 Å². The second-order valence-corrected chi connectivity index (χ2v) is 8.95. The molecule has 0 spiro atoms. The molecule has 154 valence electrons. The Balaban J connectivity index is 1.69. The van der Waals surface area contributed by atoms with Crippen LogP contribution in [-0.2, 0) is 11.3 Å². The van der Waals surface area contributed by atoms with E-state index in [2.05, 4.69) is 55.5 Å². The third kappa shape index (κ3) is 3.71. The van der Waals surface area contributed by atoms with Gasteiger partial charge in [-0.05, 0) is 52.6 Å². The Morgan fingerprint density at radius 1 is 0.935 bits per heavy atom. The van der Waals surface area contributed by atoms with Crippen LogP contribution in [0.5, 0.6) is 0 Å². The van der Waals surface area contributed by atoms with Gasteiger partial charge in [0, 0.05) is 28.1 Å². The number of aryl methyl sites for hydroxylation is 1. The van der Waals surface area contributed by atoms with E-state index in [9.17, 15) is 4.79 Å². The molecular formula is C27H21Cl2NO. The molecule has 1 amide bonds. The van der Waals surface area contributed by atoms with Crippen molar-refractivity contribution in [3.8, 4) is 0 Å². The highest BCUT2D eigenvalue weighted by Crippen LogP contribution is 2.46. The maximum atomic E-state index is 13.4. The zero-order chi connectivity index (χ0) is 21.5. The van der Waals surface area contributed by atoms with E-state index in [4.69, 9.17) is 23.2 Å². The van der Waals surface area contributed by atoms with Gasteiger partial charge in [-0.3, -0.25) is 4.79 Å². The quantitative estimate of drug-likeness (QED) is 0.319. The molecule has 0 radical (unpaired) electrons. The van der Waals surface area contributed by atoms with Gasteiger partial charge in [0.05, 0.1) is 6.54 Å². The van der Waals surface area contributed by atoms with Crippen LogP contribution in [0.3, 0.4) is 0 Å². The van der Waals surface area contributed by atoms with E-state index in [1.165, 1.54) is 5.56 Å². The zero-order valence-corrected chi connectivity index (χ0v) is 18.6. The van der Waals surface area contributed by atoms with Crippen LogP contribution in [0.4, 0.5) is 5.69 Å². The third-order valence-corrected chi connectivity index (χ3v) is 6.63. The fourth-order valence-corrected chi connectivity index (χ4v) is 5.05. The van der Waals surface area contributed by atoms with Crippen molar-refractivity contribution < 1.29 is 4.79 Å². The smallest absolute Gasteiger partial charge is 0.228 e. The van der Waals surface area contributed by atoms with Crippen molar-refractivity contribution in [2.24, 2.45) is 0 Å². The Labute approximate surface area is 192 Å². The number of hydrogen-bond donors (Lipinski definition) is 0. The second-order valence-electron chi connectivity index (χ2n) is 8.11. The molecule has 1 atom stereocenters. The number of carbonyl (C=O) groups is 1. The molecule has 4 heteroatoms. The molecule has 4 aromatic rings. The van der Waals surface area contributed by atoms with E-state index >= 15 is 0 Å². The lowest BCUT2D eigenvalue weighted by Crippen LogP contribution is -2.36. The van der Waals surface area contributed by atoms with Crippen LogP contribution in [0.1, 0.15) is 34.6 Å². The van der Waals surface area contributed by atoms with Crippen LogP contribution >= 0.6 is 23.2 Å². The normalized spacial score (nSPS) is 15.9. The fourth-order valence-electron chi connectivity index (χ4n) is 4.51. The van der Waals surface area contributed by atoms with Gasteiger partial charge in [-0.25, -0.2) is 0 Å². The minimum Gasteiger partial charge on any atom is -0.308 e. The molecule has 0 saturated heterocycles. The summed E-state index contributed by atoms with van der Waals surface area (Å²) in [6.07, 6.45) is 0.369. The average molecular weight is 446 g/mol. The number of nitrogens with zero attached hydrogens (tertiary/aromatic N) is 1. The van der Waals surface area contributed by atoms with E-state index in [0.717, 1.165) is 33.2 Å². The van der Waals surface area contributed by atoms with Crippen LogP contribution in [0.15, 0.2) is 78.9 Å². The van der Waals surface area contributed by atoms with Crippen molar-refractivity contribution in [3.63, 3.8) is 0 Å². The van der Waals surface area contributed by atoms with Crippen LogP contribution in [0.25, 0.3) is 10.8 Å². The topological polar surface area (TPSA) is 20.3 Å². The van der Waals surface area contributed by atoms with E-state index in [0.29, 0.717) is 23.0 Å². The summed E-state index contributed by atoms with van der Waals surface area (Å²) in [4.78, 5) is 15.3. The highest BCUT2D eigenvalue weighted by Gasteiger charge is 2.34. The van der Waals surface area contributed by atoms with E-state index in [1.54, 1.807) is 6.07 Å². The first kappa shape index (κ1) is 20.1. The maximum Gasteiger partial charge on any atom is 0.228 e. The predicted octanol–water partition coefficient (Wildman–Crippen LogP) is 7.52. The highest BCUT2D eigenvalue weighted by molar-refractivity contribution is 6.35. The molecule has 31 heavy (non-hydrogen) atoms. The Morgan fingerprint density at radius 2 is 1.71 bits per heavy atom. The van der Waals surface area contributed by atoms with Crippen LogP contribution in [-0.4, -0.2) is 5.91 Å². The number of amides is 1. The fraction of sp³-hybridized carbons (Fsp3) is 0.148. The summed E-state index contributed by atoms with van der Waals surface area (Å²) in [7, 11) is 0. The molecule has 1 heterocycles. The van der Waals surface area contributed by atoms with Gasteiger partial charge in [-0.1, -0.05) is 89.4 Å². The first-order valence-corrected chi connectivity index (χ1v) is 11.1. The molecule has 0 saturated carbocycles. The number of rotatable bonds is 3. The SMILES string of the molecule is Cc1ccc(CN2C(=O)CC(c3ccc(Cl)cc3Cl)c3c2ccc2ccccc32)cc1. The number of benzene rings is 4. The maximum absolute atomic E-state index is 13.4. The summed E-state index contributed by atoms with van der Waals surface area (Å²) in [5.74, 6) is -0.0213. The minimum atomic E-state index is -0.118. The Kier molecular flexibility index (Phi) is 5.21. The van der Waals surface area contributed by atoms with Crippen molar-refractivity contribution in [1.82, 2.24) is 0 Å². The summed E-state index contributed by atoms with van der Waals surface area (Å²) in [5.41, 5.74) is 5.35. The lowest BCUT2D eigenvalue weighted by molar-refractivity contribution is -0.119. The molecule has 0 aromatic heterocycles. The van der Waals surface area contributed by atoms with E-state index < -0.39 is 0 Å². The molecule has 5 rings (SSSR count). The molecular weight excluding hydrogens is 425 g/mol. The van der Waals surface area contributed by atoms with Crippen molar-refractivity contribution in [2.75, 3.05) is 4.90 Å². The van der Waals surface area contributed by atoms with Crippen molar-refractivity contribution >= 4 is 45.6 Å². The molecule has 4 aromatic carbocycles. The number of halogens is 2. The van der Waals surface area contributed by atoms with Gasteiger partial charge < -0.3 is 4.90 Å². The first-order valence-electron chi connectivity index (χ1n) is 10.3. The average Bonchev–Trinajstić information content (AvgIpc) is 2.76. The number of carbonyl (C=O) groups excluding carboxylic acids is 1. The number of anilines is 1. The van der Waals surface area contributed by atoms with Gasteiger partial charge in [0.25, 0.3) is 0 Å². The number of hydrogen-bond acceptors (Lipinski definition) is 1. The van der Waals surface area contributed by atoms with Crippen LogP contribution < -0.4 is 4.90 Å². The van der Waals surface area contributed by atoms with Gasteiger partial charge in [0.1, 0.15) is 0 Å². The van der Waals surface area contributed by atoms with Gasteiger partial charge >= 0.3 is 0 Å². The lowest BCUT2D eigenvalue weighted by atomic mass is 9.81. The predicted molar refractivity (Wildman–Crippen MR) is 129 cm³/mol. The Bertz CT molecular complexity index is 1300. The highest BCUT2D eigenvalue weighted by atomic mass is 35.5. The molecule has 0 N–H and O–H groups in total. The molecule has 1 unspecified atom stereocenters. The van der Waals surface area contributed by atoms with Gasteiger partial charge in [0.15, 0.2) is 0 Å². The standard InChI is InChI=1S/C27H21Cl2NO/c1-17-6-8-18(9-7-17)16-30-25-13-10-19-4-2-3-5-21(19)27(25)23(15-26(30)31)22-12-11-20(28)14-24(22)29/h2-14,23H,15-16H2,1H3. The largest absolute Gasteiger partial charge is 0.308 e. The number of fused-ring (bicyclic) bond motifs is 3.